The van der Waals surface area contributed by atoms with Crippen molar-refractivity contribution in [3.63, 3.8) is 0 Å². The molecule has 0 saturated heterocycles. The molecule has 1 aliphatic carbocycles. The van der Waals surface area contributed by atoms with Gasteiger partial charge < -0.3 is 10.2 Å². The summed E-state index contributed by atoms with van der Waals surface area (Å²) in [6.07, 6.45) is 2.75. The second-order valence-corrected chi connectivity index (χ2v) is 5.74. The summed E-state index contributed by atoms with van der Waals surface area (Å²) in [5, 5.41) is 3.62. The maximum Gasteiger partial charge on any atom is 0.0597 e. The van der Waals surface area contributed by atoms with E-state index in [1.165, 1.54) is 24.2 Å². The van der Waals surface area contributed by atoms with Crippen LogP contribution in [0, 0.1) is 5.92 Å². The monoisotopic (exact) mass is 282 g/mol. The quantitative estimate of drug-likeness (QED) is 0.905. The van der Waals surface area contributed by atoms with Crippen LogP contribution in [0.3, 0.4) is 0 Å². The number of rotatable bonds is 4. The highest BCUT2D eigenvalue weighted by atomic mass is 79.9. The lowest BCUT2D eigenvalue weighted by Crippen LogP contribution is -2.20. The number of nitrogens with zero attached hydrogens (tertiary/aromatic N) is 1. The number of hydrogen-bond donors (Lipinski definition) is 1. The molecule has 0 amide bonds. The third-order valence-electron chi connectivity index (χ3n) is 3.15. The Morgan fingerprint density at radius 2 is 2.06 bits per heavy atom. The molecule has 0 aliphatic heterocycles. The SMILES string of the molecule is CC(Nc1cc(Br)ccc1N(C)C)C1CC1. The van der Waals surface area contributed by atoms with Gasteiger partial charge in [-0.2, -0.15) is 0 Å². The lowest BCUT2D eigenvalue weighted by Gasteiger charge is -2.22. The van der Waals surface area contributed by atoms with Gasteiger partial charge in [0.15, 0.2) is 0 Å². The van der Waals surface area contributed by atoms with Gasteiger partial charge in [-0.05, 0) is 43.9 Å². The van der Waals surface area contributed by atoms with E-state index in [1.807, 2.05) is 0 Å². The third-order valence-corrected chi connectivity index (χ3v) is 3.65. The normalized spacial score (nSPS) is 17.0. The molecule has 0 heterocycles. The van der Waals surface area contributed by atoms with E-state index < -0.39 is 0 Å². The Kier molecular flexibility index (Phi) is 3.43. The first kappa shape index (κ1) is 11.8. The van der Waals surface area contributed by atoms with Crippen LogP contribution in [0.4, 0.5) is 11.4 Å². The minimum Gasteiger partial charge on any atom is -0.381 e. The van der Waals surface area contributed by atoms with Crippen molar-refractivity contribution in [2.45, 2.75) is 25.8 Å². The average molecular weight is 283 g/mol. The molecule has 0 bridgehead atoms. The lowest BCUT2D eigenvalue weighted by atomic mass is 10.2. The van der Waals surface area contributed by atoms with Gasteiger partial charge >= 0.3 is 0 Å². The average Bonchev–Trinajstić information content (AvgIpc) is 2.99. The Balaban J connectivity index is 2.19. The first-order valence-electron chi connectivity index (χ1n) is 5.81. The van der Waals surface area contributed by atoms with Gasteiger partial charge in [0.1, 0.15) is 0 Å². The van der Waals surface area contributed by atoms with Gasteiger partial charge in [-0.25, -0.2) is 0 Å². The van der Waals surface area contributed by atoms with Gasteiger partial charge in [0.25, 0.3) is 0 Å². The predicted octanol–water partition coefficient (Wildman–Crippen LogP) is 3.73. The summed E-state index contributed by atoms with van der Waals surface area (Å²) < 4.78 is 1.13. The summed E-state index contributed by atoms with van der Waals surface area (Å²) in [6.45, 7) is 2.28. The zero-order chi connectivity index (χ0) is 11.7. The maximum absolute atomic E-state index is 3.62. The van der Waals surface area contributed by atoms with Crippen LogP contribution in [0.2, 0.25) is 0 Å². The molecule has 1 aromatic rings. The summed E-state index contributed by atoms with van der Waals surface area (Å²) in [5.41, 5.74) is 2.47. The summed E-state index contributed by atoms with van der Waals surface area (Å²) in [4.78, 5) is 2.15. The molecule has 88 valence electrons. The first-order valence-corrected chi connectivity index (χ1v) is 6.60. The summed E-state index contributed by atoms with van der Waals surface area (Å²) >= 11 is 3.53. The smallest absolute Gasteiger partial charge is 0.0597 e. The van der Waals surface area contributed by atoms with E-state index in [1.54, 1.807) is 0 Å². The van der Waals surface area contributed by atoms with Crippen molar-refractivity contribution in [2.75, 3.05) is 24.3 Å². The minimum atomic E-state index is 0.577. The van der Waals surface area contributed by atoms with E-state index in [2.05, 4.69) is 65.4 Å². The van der Waals surface area contributed by atoms with Crippen molar-refractivity contribution >= 4 is 27.3 Å². The largest absolute Gasteiger partial charge is 0.381 e. The first-order chi connectivity index (χ1) is 7.58. The van der Waals surface area contributed by atoms with Crippen LogP contribution < -0.4 is 10.2 Å². The molecule has 1 aliphatic rings. The van der Waals surface area contributed by atoms with Gasteiger partial charge in [0.2, 0.25) is 0 Å². The standard InChI is InChI=1S/C13H19BrN2/c1-9(10-4-5-10)15-12-8-11(14)6-7-13(12)16(2)3/h6-10,15H,4-5H2,1-3H3. The highest BCUT2D eigenvalue weighted by Crippen LogP contribution is 2.36. The highest BCUT2D eigenvalue weighted by molar-refractivity contribution is 9.10. The molecule has 0 spiro atoms. The Morgan fingerprint density at radius 3 is 2.62 bits per heavy atom. The molecular weight excluding hydrogens is 264 g/mol. The van der Waals surface area contributed by atoms with E-state index in [0.717, 1.165) is 10.4 Å². The van der Waals surface area contributed by atoms with E-state index >= 15 is 0 Å². The van der Waals surface area contributed by atoms with Crippen LogP contribution in [0.25, 0.3) is 0 Å². The molecule has 16 heavy (non-hydrogen) atoms. The molecular formula is C13H19BrN2. The zero-order valence-corrected chi connectivity index (χ0v) is 11.7. The van der Waals surface area contributed by atoms with Crippen LogP contribution in [0.15, 0.2) is 22.7 Å². The van der Waals surface area contributed by atoms with Crippen molar-refractivity contribution < 1.29 is 0 Å². The van der Waals surface area contributed by atoms with Crippen molar-refractivity contribution in [3.05, 3.63) is 22.7 Å². The van der Waals surface area contributed by atoms with Gasteiger partial charge in [0, 0.05) is 24.6 Å². The number of benzene rings is 1. The van der Waals surface area contributed by atoms with Crippen molar-refractivity contribution in [3.8, 4) is 0 Å². The number of nitrogens with one attached hydrogen (secondary N) is 1. The summed E-state index contributed by atoms with van der Waals surface area (Å²) in [7, 11) is 4.16. The van der Waals surface area contributed by atoms with E-state index in [-0.39, 0.29) is 0 Å². The predicted molar refractivity (Wildman–Crippen MR) is 74.3 cm³/mol. The van der Waals surface area contributed by atoms with Crippen molar-refractivity contribution in [1.29, 1.82) is 0 Å². The van der Waals surface area contributed by atoms with Crippen molar-refractivity contribution in [2.24, 2.45) is 5.92 Å². The van der Waals surface area contributed by atoms with Crippen LogP contribution in [-0.2, 0) is 0 Å². The van der Waals surface area contributed by atoms with Gasteiger partial charge in [-0.1, -0.05) is 15.9 Å². The zero-order valence-electron chi connectivity index (χ0n) is 10.1. The molecule has 1 aromatic carbocycles. The molecule has 2 nitrogen and oxygen atoms in total. The van der Waals surface area contributed by atoms with Crippen LogP contribution in [0.5, 0.6) is 0 Å². The fraction of sp³-hybridized carbons (Fsp3) is 0.538. The second kappa shape index (κ2) is 4.66. The van der Waals surface area contributed by atoms with Gasteiger partial charge in [-0.15, -0.1) is 0 Å². The number of hydrogen-bond acceptors (Lipinski definition) is 2. The van der Waals surface area contributed by atoms with Crippen LogP contribution in [0.1, 0.15) is 19.8 Å². The lowest BCUT2D eigenvalue weighted by molar-refractivity contribution is 0.694. The van der Waals surface area contributed by atoms with Crippen LogP contribution >= 0.6 is 15.9 Å². The van der Waals surface area contributed by atoms with Gasteiger partial charge in [0.05, 0.1) is 11.4 Å². The third kappa shape index (κ3) is 2.70. The highest BCUT2D eigenvalue weighted by Gasteiger charge is 2.28. The molecule has 1 N–H and O–H groups in total. The summed E-state index contributed by atoms with van der Waals surface area (Å²) in [5.74, 6) is 0.869. The molecule has 0 aromatic heterocycles. The molecule has 1 unspecified atom stereocenters. The number of halogens is 1. The minimum absolute atomic E-state index is 0.577. The van der Waals surface area contributed by atoms with Crippen LogP contribution in [-0.4, -0.2) is 20.1 Å². The molecule has 3 heteroatoms. The Bertz CT molecular complexity index is 372. The maximum atomic E-state index is 3.62. The van der Waals surface area contributed by atoms with Crippen molar-refractivity contribution in [1.82, 2.24) is 0 Å². The molecule has 1 fully saturated rings. The van der Waals surface area contributed by atoms with E-state index in [4.69, 9.17) is 0 Å². The van der Waals surface area contributed by atoms with E-state index in [0.29, 0.717) is 6.04 Å². The topological polar surface area (TPSA) is 15.3 Å². The van der Waals surface area contributed by atoms with E-state index in [9.17, 15) is 0 Å². The molecule has 2 rings (SSSR count). The fourth-order valence-electron chi connectivity index (χ4n) is 1.97. The Labute approximate surface area is 106 Å². The van der Waals surface area contributed by atoms with Gasteiger partial charge in [-0.3, -0.25) is 0 Å². The Hall–Kier alpha value is -0.700. The molecule has 1 atom stereocenters. The second-order valence-electron chi connectivity index (χ2n) is 4.83. The Morgan fingerprint density at radius 1 is 1.38 bits per heavy atom. The number of anilines is 2. The molecule has 1 saturated carbocycles. The summed E-state index contributed by atoms with van der Waals surface area (Å²) in [6, 6.07) is 6.97. The fourth-order valence-corrected chi connectivity index (χ4v) is 2.33. The molecule has 0 radical (unpaired) electrons.